The van der Waals surface area contributed by atoms with E-state index in [4.69, 9.17) is 0 Å². The molecule has 1 aromatic rings. The third-order valence-electron chi connectivity index (χ3n) is 2.70. The molecule has 0 spiro atoms. The Morgan fingerprint density at radius 3 is 2.33 bits per heavy atom. The summed E-state index contributed by atoms with van der Waals surface area (Å²) in [7, 11) is 0. The summed E-state index contributed by atoms with van der Waals surface area (Å²) in [5, 5.41) is 8.04. The van der Waals surface area contributed by atoms with Crippen molar-refractivity contribution in [1.82, 2.24) is 16.0 Å². The number of nitrogens with one attached hydrogen (secondary N) is 3. The van der Waals surface area contributed by atoms with Crippen molar-refractivity contribution in [2.75, 3.05) is 13.1 Å². The van der Waals surface area contributed by atoms with Gasteiger partial charge in [0.15, 0.2) is 0 Å². The average molecular weight is 295 g/mol. The van der Waals surface area contributed by atoms with E-state index in [0.717, 1.165) is 5.56 Å². The fourth-order valence-corrected chi connectivity index (χ4v) is 1.72. The summed E-state index contributed by atoms with van der Waals surface area (Å²) in [5.41, 5.74) is 0.952. The minimum Gasteiger partial charge on any atom is -0.354 e. The van der Waals surface area contributed by atoms with Crippen molar-refractivity contribution in [3.63, 3.8) is 0 Å². The van der Waals surface area contributed by atoms with Crippen molar-refractivity contribution in [2.24, 2.45) is 0 Å². The lowest BCUT2D eigenvalue weighted by atomic mass is 10.1. The molecule has 0 saturated carbocycles. The van der Waals surface area contributed by atoms with Gasteiger partial charge in [0.25, 0.3) is 0 Å². The molecule has 6 heteroatoms. The second-order valence-electron chi connectivity index (χ2n) is 5.03. The van der Waals surface area contributed by atoms with Gasteiger partial charge < -0.3 is 16.0 Å². The topological polar surface area (TPSA) is 70.2 Å². The van der Waals surface area contributed by atoms with E-state index in [2.05, 4.69) is 16.0 Å². The fourth-order valence-electron chi connectivity index (χ4n) is 1.72. The van der Waals surface area contributed by atoms with E-state index < -0.39 is 0 Å². The van der Waals surface area contributed by atoms with Crippen LogP contribution in [0.25, 0.3) is 0 Å². The second-order valence-corrected chi connectivity index (χ2v) is 5.03. The first-order valence-electron chi connectivity index (χ1n) is 7.03. The van der Waals surface area contributed by atoms with Crippen LogP contribution in [0.1, 0.15) is 25.8 Å². The monoisotopic (exact) mass is 295 g/mol. The highest BCUT2D eigenvalue weighted by molar-refractivity contribution is 5.78. The Kier molecular flexibility index (Phi) is 7.21. The fraction of sp³-hybridized carbons (Fsp3) is 0.467. The minimum atomic E-state index is -0.311. The van der Waals surface area contributed by atoms with Crippen LogP contribution in [0.15, 0.2) is 24.3 Å². The van der Waals surface area contributed by atoms with E-state index in [-0.39, 0.29) is 30.2 Å². The van der Waals surface area contributed by atoms with Gasteiger partial charge in [-0.2, -0.15) is 0 Å². The molecule has 0 aliphatic rings. The average Bonchev–Trinajstić information content (AvgIpc) is 2.40. The van der Waals surface area contributed by atoms with Gasteiger partial charge in [-0.25, -0.2) is 9.18 Å². The van der Waals surface area contributed by atoms with Crippen LogP contribution in [0, 0.1) is 5.82 Å². The van der Waals surface area contributed by atoms with Gasteiger partial charge in [0.1, 0.15) is 5.82 Å². The van der Waals surface area contributed by atoms with Gasteiger partial charge in [-0.1, -0.05) is 12.1 Å². The molecule has 0 saturated heterocycles. The van der Waals surface area contributed by atoms with E-state index in [9.17, 15) is 14.0 Å². The maximum absolute atomic E-state index is 12.7. The zero-order valence-corrected chi connectivity index (χ0v) is 12.4. The molecule has 0 aromatic heterocycles. The number of hydrogen-bond donors (Lipinski definition) is 3. The molecule has 0 heterocycles. The SMILES string of the molecule is CC(C)NC(=O)CCNC(=O)NCCc1ccc(F)cc1. The number of urea groups is 1. The highest BCUT2D eigenvalue weighted by Gasteiger charge is 2.04. The molecule has 0 unspecified atom stereocenters. The molecule has 0 radical (unpaired) electrons. The van der Waals surface area contributed by atoms with Crippen LogP contribution in [-0.4, -0.2) is 31.1 Å². The van der Waals surface area contributed by atoms with Crippen molar-refractivity contribution >= 4 is 11.9 Å². The van der Waals surface area contributed by atoms with Gasteiger partial charge in [0.2, 0.25) is 5.91 Å². The molecule has 116 valence electrons. The van der Waals surface area contributed by atoms with Crippen LogP contribution in [0.4, 0.5) is 9.18 Å². The first-order valence-corrected chi connectivity index (χ1v) is 7.03. The lowest BCUT2D eigenvalue weighted by molar-refractivity contribution is -0.121. The number of rotatable bonds is 7. The Balaban J connectivity index is 2.11. The lowest BCUT2D eigenvalue weighted by Gasteiger charge is -2.09. The molecule has 3 N–H and O–H groups in total. The predicted octanol–water partition coefficient (Wildman–Crippen LogP) is 1.58. The Bertz CT molecular complexity index is 460. The molecule has 0 aliphatic carbocycles. The van der Waals surface area contributed by atoms with Crippen LogP contribution in [0.3, 0.4) is 0 Å². The number of carbonyl (C=O) groups is 2. The van der Waals surface area contributed by atoms with Crippen LogP contribution < -0.4 is 16.0 Å². The smallest absolute Gasteiger partial charge is 0.314 e. The van der Waals surface area contributed by atoms with Gasteiger partial charge in [-0.05, 0) is 38.0 Å². The number of hydrogen-bond acceptors (Lipinski definition) is 2. The number of amides is 3. The Morgan fingerprint density at radius 2 is 1.71 bits per heavy atom. The summed E-state index contributed by atoms with van der Waals surface area (Å²) < 4.78 is 12.7. The van der Waals surface area contributed by atoms with Crippen molar-refractivity contribution < 1.29 is 14.0 Å². The zero-order valence-electron chi connectivity index (χ0n) is 12.4. The Hall–Kier alpha value is -2.11. The van der Waals surface area contributed by atoms with Gasteiger partial charge in [-0.3, -0.25) is 4.79 Å². The third-order valence-corrected chi connectivity index (χ3v) is 2.70. The molecular weight excluding hydrogens is 273 g/mol. The zero-order chi connectivity index (χ0) is 15.7. The van der Waals surface area contributed by atoms with Crippen molar-refractivity contribution in [3.8, 4) is 0 Å². The summed E-state index contributed by atoms with van der Waals surface area (Å²) in [4.78, 5) is 22.8. The Labute approximate surface area is 124 Å². The second kappa shape index (κ2) is 8.94. The van der Waals surface area contributed by atoms with Crippen LogP contribution >= 0.6 is 0 Å². The molecule has 21 heavy (non-hydrogen) atoms. The number of halogens is 1. The largest absolute Gasteiger partial charge is 0.354 e. The molecule has 0 fully saturated rings. The lowest BCUT2D eigenvalue weighted by Crippen LogP contribution is -2.39. The molecule has 1 aromatic carbocycles. The third kappa shape index (κ3) is 7.91. The molecular formula is C15H22FN3O2. The molecule has 0 aliphatic heterocycles. The van der Waals surface area contributed by atoms with E-state index in [1.54, 1.807) is 12.1 Å². The molecule has 1 rings (SSSR count). The first-order chi connectivity index (χ1) is 9.97. The molecule has 5 nitrogen and oxygen atoms in total. The highest BCUT2D eigenvalue weighted by Crippen LogP contribution is 2.02. The van der Waals surface area contributed by atoms with Crippen LogP contribution in [-0.2, 0) is 11.2 Å². The standard InChI is InChI=1S/C15H22FN3O2/c1-11(2)19-14(20)8-10-18-15(21)17-9-7-12-3-5-13(16)6-4-12/h3-6,11H,7-10H2,1-2H3,(H,19,20)(H2,17,18,21). The maximum atomic E-state index is 12.7. The summed E-state index contributed by atoms with van der Waals surface area (Å²) in [5.74, 6) is -0.360. The van der Waals surface area contributed by atoms with Crippen molar-refractivity contribution in [2.45, 2.75) is 32.7 Å². The van der Waals surface area contributed by atoms with Crippen LogP contribution in [0.5, 0.6) is 0 Å². The summed E-state index contributed by atoms with van der Waals surface area (Å²) in [6, 6.07) is 5.94. The van der Waals surface area contributed by atoms with E-state index >= 15 is 0 Å². The summed E-state index contributed by atoms with van der Waals surface area (Å²) in [6.07, 6.45) is 0.880. The Morgan fingerprint density at radius 1 is 1.10 bits per heavy atom. The predicted molar refractivity (Wildman–Crippen MR) is 79.4 cm³/mol. The van der Waals surface area contributed by atoms with Gasteiger partial charge in [0, 0.05) is 25.6 Å². The molecule has 0 bridgehead atoms. The van der Waals surface area contributed by atoms with Gasteiger partial charge >= 0.3 is 6.03 Å². The van der Waals surface area contributed by atoms with Gasteiger partial charge in [0.05, 0.1) is 0 Å². The quantitative estimate of drug-likeness (QED) is 0.715. The molecule has 3 amide bonds. The summed E-state index contributed by atoms with van der Waals surface area (Å²) >= 11 is 0. The van der Waals surface area contributed by atoms with E-state index in [1.807, 2.05) is 13.8 Å². The molecule has 0 atom stereocenters. The van der Waals surface area contributed by atoms with Crippen molar-refractivity contribution in [1.29, 1.82) is 0 Å². The normalized spacial score (nSPS) is 10.3. The van der Waals surface area contributed by atoms with E-state index in [1.165, 1.54) is 12.1 Å². The van der Waals surface area contributed by atoms with Crippen molar-refractivity contribution in [3.05, 3.63) is 35.6 Å². The van der Waals surface area contributed by atoms with E-state index in [0.29, 0.717) is 19.5 Å². The highest BCUT2D eigenvalue weighted by atomic mass is 19.1. The summed E-state index contributed by atoms with van der Waals surface area (Å²) in [6.45, 7) is 4.51. The maximum Gasteiger partial charge on any atom is 0.314 e. The van der Waals surface area contributed by atoms with Crippen LogP contribution in [0.2, 0.25) is 0 Å². The number of benzene rings is 1. The first kappa shape index (κ1) is 16.9. The van der Waals surface area contributed by atoms with Gasteiger partial charge in [-0.15, -0.1) is 0 Å². The number of carbonyl (C=O) groups excluding carboxylic acids is 2. The minimum absolute atomic E-state index is 0.0865.